The molecule has 0 radical (unpaired) electrons. The van der Waals surface area contributed by atoms with Crippen LogP contribution in [0.5, 0.6) is 5.75 Å². The molecule has 5 rings (SSSR count). The summed E-state index contributed by atoms with van der Waals surface area (Å²) in [6.07, 6.45) is 0. The first-order chi connectivity index (χ1) is 16.4. The van der Waals surface area contributed by atoms with Gasteiger partial charge in [0.25, 0.3) is 5.91 Å². The lowest BCUT2D eigenvalue weighted by Gasteiger charge is -2.27. The lowest BCUT2D eigenvalue weighted by atomic mass is 9.94. The zero-order valence-electron chi connectivity index (χ0n) is 18.4. The number of methoxy groups -OCH3 is 1. The zero-order valence-corrected chi connectivity index (χ0v) is 20.0. The van der Waals surface area contributed by atoms with Gasteiger partial charge < -0.3 is 14.3 Å². The molecule has 34 heavy (non-hydrogen) atoms. The largest absolute Gasteiger partial charge is 0.503 e. The number of carbonyl (C=O) groups is 2. The number of aryl methyl sites for hydroxylation is 1. The number of fused-ring (bicyclic) bond motifs is 1. The molecule has 6 nitrogen and oxygen atoms in total. The number of aliphatic hydroxyl groups is 1. The average molecular weight is 518 g/mol. The van der Waals surface area contributed by atoms with Crippen LogP contribution in [0.25, 0.3) is 11.0 Å². The number of hydrogen-bond donors (Lipinski definition) is 1. The molecule has 0 bridgehead atoms. The summed E-state index contributed by atoms with van der Waals surface area (Å²) in [5, 5.41) is 11.7. The summed E-state index contributed by atoms with van der Waals surface area (Å²) in [5.74, 6) is -1.10. The average Bonchev–Trinajstić information content (AvgIpc) is 3.38. The Balaban J connectivity index is 1.65. The van der Waals surface area contributed by atoms with Crippen LogP contribution in [-0.2, 0) is 4.79 Å². The molecule has 2 heterocycles. The highest BCUT2D eigenvalue weighted by Crippen LogP contribution is 2.42. The normalized spacial score (nSPS) is 15.9. The number of furan rings is 1. The maximum absolute atomic E-state index is 13.7. The number of ether oxygens (including phenoxy) is 1. The molecule has 170 valence electrons. The van der Waals surface area contributed by atoms with Gasteiger partial charge in [0, 0.05) is 15.5 Å². The van der Waals surface area contributed by atoms with Gasteiger partial charge in [-0.25, -0.2) is 0 Å². The quantitative estimate of drug-likeness (QED) is 0.314. The van der Waals surface area contributed by atoms with Crippen LogP contribution in [0.1, 0.15) is 27.7 Å². The summed E-state index contributed by atoms with van der Waals surface area (Å²) in [4.78, 5) is 28.4. The van der Waals surface area contributed by atoms with Gasteiger partial charge in [-0.05, 0) is 61.0 Å². The van der Waals surface area contributed by atoms with E-state index >= 15 is 0 Å². The van der Waals surface area contributed by atoms with Crippen molar-refractivity contribution in [3.63, 3.8) is 0 Å². The van der Waals surface area contributed by atoms with Gasteiger partial charge >= 0.3 is 0 Å². The van der Waals surface area contributed by atoms with Crippen LogP contribution in [0.3, 0.4) is 0 Å². The third kappa shape index (κ3) is 3.68. The van der Waals surface area contributed by atoms with E-state index in [0.29, 0.717) is 22.6 Å². The van der Waals surface area contributed by atoms with E-state index < -0.39 is 23.5 Å². The highest BCUT2D eigenvalue weighted by molar-refractivity contribution is 9.10. The van der Waals surface area contributed by atoms with Gasteiger partial charge in [-0.1, -0.05) is 45.8 Å². The molecule has 4 aromatic rings. The molecule has 1 aliphatic rings. The lowest BCUT2D eigenvalue weighted by Crippen LogP contribution is -2.31. The van der Waals surface area contributed by atoms with E-state index in [1.807, 2.05) is 31.2 Å². The maximum Gasteiger partial charge on any atom is 0.294 e. The Hall–Kier alpha value is -3.84. The molecule has 7 heteroatoms. The molecule has 1 aromatic heterocycles. The van der Waals surface area contributed by atoms with Gasteiger partial charge in [-0.3, -0.25) is 14.5 Å². The van der Waals surface area contributed by atoms with E-state index in [9.17, 15) is 14.7 Å². The number of benzene rings is 3. The molecule has 0 saturated carbocycles. The first-order valence-corrected chi connectivity index (χ1v) is 11.4. The fourth-order valence-corrected chi connectivity index (χ4v) is 4.55. The molecule has 1 amide bonds. The van der Waals surface area contributed by atoms with Gasteiger partial charge in [0.2, 0.25) is 5.78 Å². The Kier molecular flexibility index (Phi) is 5.49. The molecule has 0 aliphatic carbocycles. The predicted molar refractivity (Wildman–Crippen MR) is 132 cm³/mol. The summed E-state index contributed by atoms with van der Waals surface area (Å²) >= 11 is 3.42. The Morgan fingerprint density at radius 3 is 2.41 bits per heavy atom. The van der Waals surface area contributed by atoms with Crippen molar-refractivity contribution in [2.24, 2.45) is 0 Å². The second kappa shape index (κ2) is 8.50. The number of hydrogen-bond acceptors (Lipinski definition) is 5. The van der Waals surface area contributed by atoms with Crippen LogP contribution in [0, 0.1) is 6.92 Å². The molecule has 1 unspecified atom stereocenters. The highest BCUT2D eigenvalue weighted by atomic mass is 79.9. The van der Waals surface area contributed by atoms with E-state index in [-0.39, 0.29) is 11.3 Å². The fourth-order valence-electron chi connectivity index (χ4n) is 4.17. The molecular weight excluding hydrogens is 498 g/mol. The smallest absolute Gasteiger partial charge is 0.294 e. The number of ketones is 1. The fraction of sp³-hybridized carbons (Fsp3) is 0.111. The Morgan fingerprint density at radius 2 is 1.74 bits per heavy atom. The molecule has 1 N–H and O–H groups in total. The second-order valence-corrected chi connectivity index (χ2v) is 8.99. The third-order valence-corrected chi connectivity index (χ3v) is 6.39. The van der Waals surface area contributed by atoms with E-state index in [0.717, 1.165) is 15.4 Å². The van der Waals surface area contributed by atoms with Crippen LogP contribution in [-0.4, -0.2) is 23.9 Å². The van der Waals surface area contributed by atoms with Crippen LogP contribution in [0.2, 0.25) is 0 Å². The number of anilines is 1. The van der Waals surface area contributed by atoms with Crippen LogP contribution >= 0.6 is 15.9 Å². The molecule has 0 fully saturated rings. The molecule has 3 aromatic carbocycles. The zero-order chi connectivity index (χ0) is 24.0. The monoisotopic (exact) mass is 517 g/mol. The van der Waals surface area contributed by atoms with Gasteiger partial charge in [0.1, 0.15) is 11.3 Å². The number of amides is 1. The van der Waals surface area contributed by atoms with Gasteiger partial charge in [-0.15, -0.1) is 0 Å². The number of halogens is 1. The summed E-state index contributed by atoms with van der Waals surface area (Å²) in [6.45, 7) is 1.95. The van der Waals surface area contributed by atoms with E-state index in [1.54, 1.807) is 55.6 Å². The van der Waals surface area contributed by atoms with Crippen molar-refractivity contribution < 1.29 is 23.8 Å². The highest BCUT2D eigenvalue weighted by Gasteiger charge is 2.45. The van der Waals surface area contributed by atoms with Crippen molar-refractivity contribution in [1.29, 1.82) is 0 Å². The van der Waals surface area contributed by atoms with Gasteiger partial charge in [-0.2, -0.15) is 0 Å². The van der Waals surface area contributed by atoms with Crippen LogP contribution in [0.15, 0.2) is 93.0 Å². The summed E-state index contributed by atoms with van der Waals surface area (Å²) in [7, 11) is 1.56. The molecule has 1 aliphatic heterocycles. The third-order valence-electron chi connectivity index (χ3n) is 5.90. The van der Waals surface area contributed by atoms with Crippen molar-refractivity contribution in [2.45, 2.75) is 13.0 Å². The maximum atomic E-state index is 13.7. The Morgan fingerprint density at radius 1 is 1.03 bits per heavy atom. The molecule has 0 spiro atoms. The number of aliphatic hydroxyl groups excluding tert-OH is 1. The second-order valence-electron chi connectivity index (χ2n) is 8.07. The van der Waals surface area contributed by atoms with Crippen molar-refractivity contribution in [2.75, 3.05) is 12.0 Å². The van der Waals surface area contributed by atoms with E-state index in [4.69, 9.17) is 9.15 Å². The standard InChI is InChI=1S/C27H20BrNO5/c1-15-3-8-19(9-4-15)29-24(16-5-10-20(33-2)11-6-16)23(26(31)27(29)32)25(30)22-14-17-13-18(28)7-12-21(17)34-22/h3-14,24,31H,1-2H3. The molecule has 0 saturated heterocycles. The van der Waals surface area contributed by atoms with Crippen molar-refractivity contribution in [3.05, 3.63) is 105 Å². The Bertz CT molecular complexity index is 1450. The minimum absolute atomic E-state index is 0.0335. The number of carbonyl (C=O) groups excluding carboxylic acids is 2. The topological polar surface area (TPSA) is 80.0 Å². The van der Waals surface area contributed by atoms with Crippen LogP contribution in [0.4, 0.5) is 5.69 Å². The number of Topliss-reactive ketones (excluding diaryl/α,β-unsaturated/α-hetero) is 1. The van der Waals surface area contributed by atoms with E-state index in [1.165, 1.54) is 4.90 Å². The SMILES string of the molecule is COc1ccc(C2C(C(=O)c3cc4cc(Br)ccc4o3)=C(O)C(=O)N2c2ccc(C)cc2)cc1. The van der Waals surface area contributed by atoms with Gasteiger partial charge in [0.05, 0.1) is 18.7 Å². The first-order valence-electron chi connectivity index (χ1n) is 10.6. The lowest BCUT2D eigenvalue weighted by molar-refractivity contribution is -0.117. The number of rotatable bonds is 5. The minimum atomic E-state index is -0.839. The predicted octanol–water partition coefficient (Wildman–Crippen LogP) is 6.30. The minimum Gasteiger partial charge on any atom is -0.503 e. The van der Waals surface area contributed by atoms with Crippen LogP contribution < -0.4 is 9.64 Å². The molecule has 1 atom stereocenters. The van der Waals surface area contributed by atoms with Crippen molar-refractivity contribution >= 4 is 44.3 Å². The van der Waals surface area contributed by atoms with Gasteiger partial charge in [0.15, 0.2) is 11.5 Å². The summed E-state index contributed by atoms with van der Waals surface area (Å²) in [6, 6.07) is 20.6. The number of nitrogens with zero attached hydrogens (tertiary/aromatic N) is 1. The molecular formula is C27H20BrNO5. The summed E-state index contributed by atoms with van der Waals surface area (Å²) < 4.78 is 11.9. The van der Waals surface area contributed by atoms with Crippen molar-refractivity contribution in [3.8, 4) is 5.75 Å². The van der Waals surface area contributed by atoms with E-state index in [2.05, 4.69) is 15.9 Å². The first kappa shape index (κ1) is 22.0. The van der Waals surface area contributed by atoms with Crippen molar-refractivity contribution in [1.82, 2.24) is 0 Å². The Labute approximate surface area is 204 Å². The summed E-state index contributed by atoms with van der Waals surface area (Å²) in [5.41, 5.74) is 2.75.